The van der Waals surface area contributed by atoms with Gasteiger partial charge < -0.3 is 48.4 Å². The van der Waals surface area contributed by atoms with E-state index >= 15 is 0 Å². The van der Waals surface area contributed by atoms with Crippen molar-refractivity contribution < 1.29 is 76.4 Å². The average molecular weight is 1290 g/mol. The molecule has 25 heteroatoms. The Morgan fingerprint density at radius 2 is 0.932 bits per heavy atom. The van der Waals surface area contributed by atoms with E-state index in [9.17, 15) is 47.9 Å². The number of hydrogen-bond acceptors (Lipinski definition) is 18. The number of carbonyl (C=O) groups excluding carboxylic acids is 10. The van der Waals surface area contributed by atoms with Gasteiger partial charge in [-0.05, 0) is 175 Å². The molecule has 10 amide bonds. The summed E-state index contributed by atoms with van der Waals surface area (Å²) in [5.41, 5.74) is 0.0476. The number of piperidine rings is 4. The molecule has 88 heavy (non-hydrogen) atoms. The summed E-state index contributed by atoms with van der Waals surface area (Å²) in [6, 6.07) is 7.62. The molecule has 0 aromatic heterocycles. The van der Waals surface area contributed by atoms with E-state index in [1.165, 1.54) is 0 Å². The lowest BCUT2D eigenvalue weighted by Gasteiger charge is -2.42. The highest BCUT2D eigenvalue weighted by molar-refractivity contribution is 9.09. The van der Waals surface area contributed by atoms with Crippen LogP contribution in [-0.4, -0.2) is 209 Å². The van der Waals surface area contributed by atoms with E-state index in [2.05, 4.69) is 36.8 Å². The largest absolute Gasteiger partial charge is 0.494 e. The molecule has 0 saturated carbocycles. The molecule has 0 radical (unpaired) electrons. The molecule has 8 heterocycles. The number of carbonyl (C=O) groups is 10. The summed E-state index contributed by atoms with van der Waals surface area (Å²) >= 11 is 3.38. The Bertz CT molecular complexity index is 2850. The molecular formula is C63H89BrN8O16. The Morgan fingerprint density at radius 3 is 1.34 bits per heavy atom. The van der Waals surface area contributed by atoms with Gasteiger partial charge in [-0.2, -0.15) is 0 Å². The lowest BCUT2D eigenvalue weighted by atomic mass is 10.0. The van der Waals surface area contributed by atoms with Crippen molar-refractivity contribution in [1.29, 1.82) is 0 Å². The van der Waals surface area contributed by atoms with Crippen molar-refractivity contribution >= 4 is 75.4 Å². The quantitative estimate of drug-likeness (QED) is 0.0742. The second kappa shape index (κ2) is 31.3. The molecule has 0 aliphatic carbocycles. The van der Waals surface area contributed by atoms with Gasteiger partial charge in [0.05, 0.1) is 86.1 Å². The third kappa shape index (κ3) is 18.8. The smallest absolute Gasteiger partial charge is 0.410 e. The number of hydrogen-bond donors (Lipinski definition) is 3. The molecule has 2 unspecified atom stereocenters. The van der Waals surface area contributed by atoms with Crippen LogP contribution in [-0.2, 0) is 38.1 Å². The Morgan fingerprint density at radius 1 is 0.523 bits per heavy atom. The minimum atomic E-state index is -0.979. The first-order chi connectivity index (χ1) is 41.4. The van der Waals surface area contributed by atoms with Crippen molar-refractivity contribution in [3.63, 3.8) is 0 Å². The van der Waals surface area contributed by atoms with Crippen LogP contribution >= 0.6 is 15.9 Å². The molecule has 8 aliphatic heterocycles. The number of amides is 10. The zero-order chi connectivity index (χ0) is 62.6. The SMILES string of the molecule is C.CC(C)(C)OC(=O)N1CC(OC2CCN(CCCCCOc3ccc4c(c3)C(=O)N(C3CCC(=O)NC3=O)C4=O)CC2)C1.CC(C)(C)OC(=O)N1CC(OC2CCNCC2)C1.O=C1CCC(N2C(=O)c3ccc(OCCCCCBr)cc3C2=O)C(=O)N1. The van der Waals surface area contributed by atoms with Gasteiger partial charge in [0.15, 0.2) is 0 Å². The minimum Gasteiger partial charge on any atom is -0.494 e. The monoisotopic (exact) mass is 1290 g/mol. The van der Waals surface area contributed by atoms with Crippen LogP contribution in [0, 0.1) is 0 Å². The fourth-order valence-corrected chi connectivity index (χ4v) is 11.6. The Labute approximate surface area is 524 Å². The lowest BCUT2D eigenvalue weighted by molar-refractivity contribution is -0.137. The molecule has 10 rings (SSSR count). The average Bonchev–Trinajstić information content (AvgIpc) is 1.67. The Balaban J connectivity index is 0.000000208. The molecule has 484 valence electrons. The van der Waals surface area contributed by atoms with Crippen LogP contribution < -0.4 is 25.4 Å². The lowest BCUT2D eigenvalue weighted by Crippen LogP contribution is -2.57. The van der Waals surface area contributed by atoms with Crippen molar-refractivity contribution in [1.82, 2.24) is 40.4 Å². The maximum Gasteiger partial charge on any atom is 0.410 e. The summed E-state index contributed by atoms with van der Waals surface area (Å²) < 4.78 is 34.4. The number of halogens is 1. The van der Waals surface area contributed by atoms with Gasteiger partial charge >= 0.3 is 12.2 Å². The summed E-state index contributed by atoms with van der Waals surface area (Å²) in [5, 5.41) is 8.65. The predicted octanol–water partition coefficient (Wildman–Crippen LogP) is 6.78. The number of alkyl halides is 1. The number of fused-ring (bicyclic) bond motifs is 2. The molecular weight excluding hydrogens is 1200 g/mol. The normalized spacial score (nSPS) is 21.2. The number of nitrogens with one attached hydrogen (secondary N) is 3. The molecule has 6 fully saturated rings. The van der Waals surface area contributed by atoms with Crippen LogP contribution in [0.5, 0.6) is 11.5 Å². The van der Waals surface area contributed by atoms with Gasteiger partial charge in [-0.1, -0.05) is 23.4 Å². The van der Waals surface area contributed by atoms with E-state index in [0.29, 0.717) is 57.0 Å². The maximum atomic E-state index is 13.0. The molecule has 8 aliphatic rings. The zero-order valence-electron chi connectivity index (χ0n) is 51.0. The first kappa shape index (κ1) is 68.9. The highest BCUT2D eigenvalue weighted by atomic mass is 79.9. The summed E-state index contributed by atoms with van der Waals surface area (Å²) in [5.74, 6) is -3.09. The van der Waals surface area contributed by atoms with Gasteiger partial charge in [0, 0.05) is 31.3 Å². The van der Waals surface area contributed by atoms with Crippen molar-refractivity contribution in [3.05, 3.63) is 58.7 Å². The topological polar surface area (TPSA) is 278 Å². The number of ether oxygens (including phenoxy) is 6. The molecule has 24 nitrogen and oxygen atoms in total. The van der Waals surface area contributed by atoms with Gasteiger partial charge in [0.1, 0.15) is 34.8 Å². The Hall–Kier alpha value is -6.54. The van der Waals surface area contributed by atoms with Crippen molar-refractivity contribution in [2.45, 2.75) is 187 Å². The number of benzene rings is 2. The Kier molecular flexibility index (Phi) is 24.5. The molecule has 2 atom stereocenters. The second-order valence-corrected chi connectivity index (χ2v) is 25.9. The van der Waals surface area contributed by atoms with Gasteiger partial charge in [-0.25, -0.2) is 9.59 Å². The molecule has 2 aromatic carbocycles. The summed E-state index contributed by atoms with van der Waals surface area (Å²) in [7, 11) is 0. The van der Waals surface area contributed by atoms with Gasteiger partial charge in [-0.15, -0.1) is 0 Å². The summed E-state index contributed by atoms with van der Waals surface area (Å²) in [4.78, 5) is 130. The molecule has 6 saturated heterocycles. The third-order valence-electron chi connectivity index (χ3n) is 15.8. The number of imide groups is 4. The van der Waals surface area contributed by atoms with Crippen LogP contribution in [0.25, 0.3) is 0 Å². The van der Waals surface area contributed by atoms with Crippen molar-refractivity contribution in [2.75, 3.05) is 77.4 Å². The fraction of sp³-hybridized carbons (Fsp3) is 0.651. The predicted molar refractivity (Wildman–Crippen MR) is 326 cm³/mol. The van der Waals surface area contributed by atoms with Crippen LogP contribution in [0.3, 0.4) is 0 Å². The third-order valence-corrected chi connectivity index (χ3v) is 16.4. The van der Waals surface area contributed by atoms with Gasteiger partial charge in [-0.3, -0.25) is 58.8 Å². The zero-order valence-corrected chi connectivity index (χ0v) is 52.5. The van der Waals surface area contributed by atoms with E-state index in [1.54, 1.807) is 46.2 Å². The van der Waals surface area contributed by atoms with Crippen molar-refractivity contribution in [2.24, 2.45) is 0 Å². The number of rotatable bonds is 19. The van der Waals surface area contributed by atoms with Gasteiger partial charge in [0.25, 0.3) is 23.6 Å². The number of nitrogens with zero attached hydrogens (tertiary/aromatic N) is 5. The standard InChI is InChI=1S/C31H42N4O8.C18H19BrN2O5.C13H24N2O3.CH4/c1-31(2,3)43-30(40)34-18-22(19-34)42-20-11-14-33(15-12-20)13-5-4-6-16-41-21-7-8-23-24(17-21)29(39)35(28(23)38)25-9-10-26(36)32-27(25)37;19-8-2-1-3-9-26-11-4-5-12-13(10-11)18(25)21(17(12)24)14-6-7-15(22)20-16(14)23;1-13(2,3)18-12(16)15-8-11(9-15)17-10-4-6-14-7-5-10;/h7-8,17,20,22,25H,4-6,9-16,18-19H2,1-3H3,(H,32,36,37);4-5,10,14H,1-3,6-9H2,(H,20,22,23);10-11,14H,4-9H2,1-3H3;1H4. The van der Waals surface area contributed by atoms with E-state index in [4.69, 9.17) is 28.4 Å². The van der Waals surface area contributed by atoms with Crippen molar-refractivity contribution in [3.8, 4) is 11.5 Å². The van der Waals surface area contributed by atoms with Crippen LogP contribution in [0.15, 0.2) is 36.4 Å². The maximum absolute atomic E-state index is 13.0. The highest BCUT2D eigenvalue weighted by Crippen LogP contribution is 2.33. The van der Waals surface area contributed by atoms with Gasteiger partial charge in [0.2, 0.25) is 23.6 Å². The van der Waals surface area contributed by atoms with E-state index in [1.807, 2.05) is 41.5 Å². The number of likely N-dealkylation sites (tertiary alicyclic amines) is 3. The summed E-state index contributed by atoms with van der Waals surface area (Å²) in [6.07, 6.45) is 10.9. The van der Waals surface area contributed by atoms with E-state index in [0.717, 1.165) is 112 Å². The van der Waals surface area contributed by atoms with E-state index < -0.39 is 70.5 Å². The van der Waals surface area contributed by atoms with Crippen LogP contribution in [0.4, 0.5) is 9.59 Å². The van der Waals surface area contributed by atoms with E-state index in [-0.39, 0.29) is 85.9 Å². The van der Waals surface area contributed by atoms with Crippen LogP contribution in [0.2, 0.25) is 0 Å². The first-order valence-corrected chi connectivity index (χ1v) is 31.8. The number of unbranched alkanes of at least 4 members (excludes halogenated alkanes) is 4. The second-order valence-electron chi connectivity index (χ2n) is 25.1. The molecule has 0 spiro atoms. The molecule has 3 N–H and O–H groups in total. The fourth-order valence-electron chi connectivity index (χ4n) is 11.2. The minimum absolute atomic E-state index is 0. The van der Waals surface area contributed by atoms with Crippen LogP contribution in [0.1, 0.15) is 180 Å². The summed E-state index contributed by atoms with van der Waals surface area (Å²) in [6.45, 7) is 19.9. The molecule has 2 aromatic rings. The highest BCUT2D eigenvalue weighted by Gasteiger charge is 2.47. The first-order valence-electron chi connectivity index (χ1n) is 30.7. The molecule has 0 bridgehead atoms.